The molecule has 2 N–H and O–H groups in total. The van der Waals surface area contributed by atoms with Gasteiger partial charge in [0.05, 0.1) is 6.42 Å². The topological polar surface area (TPSA) is 66.4 Å². The summed E-state index contributed by atoms with van der Waals surface area (Å²) >= 11 is 0. The summed E-state index contributed by atoms with van der Waals surface area (Å²) in [4.78, 5) is 21.7. The van der Waals surface area contributed by atoms with E-state index in [4.69, 9.17) is 5.11 Å². The van der Waals surface area contributed by atoms with Gasteiger partial charge in [-0.15, -0.1) is 0 Å². The Balaban J connectivity index is 2.56. The van der Waals surface area contributed by atoms with Crippen molar-refractivity contribution in [3.05, 3.63) is 34.4 Å². The summed E-state index contributed by atoms with van der Waals surface area (Å²) in [6, 6.07) is 4.02. The van der Waals surface area contributed by atoms with Gasteiger partial charge < -0.3 is 10.4 Å². The van der Waals surface area contributed by atoms with Crippen LogP contribution in [0.2, 0.25) is 0 Å². The number of carbonyl (C=O) groups excluding carboxylic acids is 1. The standard InChI is InChI=1S/C14H19NO3/c1-9-4-5-12(11(3)10(9)2)8-15-13(16)6-7-14(17)18/h4-5H,6-8H2,1-3H3,(H,15,16)(H,17,18). The van der Waals surface area contributed by atoms with E-state index in [9.17, 15) is 9.59 Å². The highest BCUT2D eigenvalue weighted by atomic mass is 16.4. The number of nitrogens with one attached hydrogen (secondary N) is 1. The molecule has 0 spiro atoms. The first-order chi connectivity index (χ1) is 8.41. The van der Waals surface area contributed by atoms with Crippen molar-refractivity contribution in [2.45, 2.75) is 40.2 Å². The van der Waals surface area contributed by atoms with E-state index in [1.165, 1.54) is 16.7 Å². The zero-order valence-corrected chi connectivity index (χ0v) is 11.0. The van der Waals surface area contributed by atoms with E-state index in [0.29, 0.717) is 6.54 Å². The van der Waals surface area contributed by atoms with Crippen molar-refractivity contribution in [2.75, 3.05) is 0 Å². The third-order valence-corrected chi connectivity index (χ3v) is 3.21. The molecule has 1 aromatic carbocycles. The molecule has 18 heavy (non-hydrogen) atoms. The maximum absolute atomic E-state index is 11.4. The zero-order chi connectivity index (χ0) is 13.7. The normalized spacial score (nSPS) is 10.2. The number of carboxylic acid groups (broad SMARTS) is 1. The number of hydrogen-bond donors (Lipinski definition) is 2. The van der Waals surface area contributed by atoms with Crippen molar-refractivity contribution in [3.8, 4) is 0 Å². The van der Waals surface area contributed by atoms with Crippen LogP contribution in [0.3, 0.4) is 0 Å². The summed E-state index contributed by atoms with van der Waals surface area (Å²) < 4.78 is 0. The Hall–Kier alpha value is -1.84. The lowest BCUT2D eigenvalue weighted by molar-refractivity contribution is -0.138. The van der Waals surface area contributed by atoms with E-state index in [1.54, 1.807) is 0 Å². The molecule has 1 rings (SSSR count). The van der Waals surface area contributed by atoms with Crippen LogP contribution in [-0.2, 0) is 16.1 Å². The van der Waals surface area contributed by atoms with Gasteiger partial charge in [-0.3, -0.25) is 9.59 Å². The van der Waals surface area contributed by atoms with Gasteiger partial charge in [0.25, 0.3) is 0 Å². The van der Waals surface area contributed by atoms with E-state index >= 15 is 0 Å². The summed E-state index contributed by atoms with van der Waals surface area (Å²) in [5.74, 6) is -1.18. The average molecular weight is 249 g/mol. The summed E-state index contributed by atoms with van der Waals surface area (Å²) in [5, 5.41) is 11.2. The van der Waals surface area contributed by atoms with Gasteiger partial charge in [0, 0.05) is 13.0 Å². The second-order valence-electron chi connectivity index (χ2n) is 4.46. The van der Waals surface area contributed by atoms with Gasteiger partial charge in [0.1, 0.15) is 0 Å². The molecule has 0 unspecified atom stereocenters. The number of carbonyl (C=O) groups is 2. The smallest absolute Gasteiger partial charge is 0.303 e. The van der Waals surface area contributed by atoms with Gasteiger partial charge in [0.15, 0.2) is 0 Å². The Kier molecular flexibility index (Phi) is 4.89. The van der Waals surface area contributed by atoms with E-state index in [1.807, 2.05) is 19.1 Å². The highest BCUT2D eigenvalue weighted by molar-refractivity contribution is 5.80. The molecule has 4 nitrogen and oxygen atoms in total. The molecule has 0 heterocycles. The van der Waals surface area contributed by atoms with E-state index in [0.717, 1.165) is 5.56 Å². The number of benzene rings is 1. The first-order valence-electron chi connectivity index (χ1n) is 5.96. The number of aliphatic carboxylic acids is 1. The van der Waals surface area contributed by atoms with Crippen molar-refractivity contribution >= 4 is 11.9 Å². The quantitative estimate of drug-likeness (QED) is 0.839. The molecule has 0 aliphatic carbocycles. The molecule has 0 bridgehead atoms. The van der Waals surface area contributed by atoms with Crippen LogP contribution in [0.5, 0.6) is 0 Å². The van der Waals surface area contributed by atoms with Crippen molar-refractivity contribution in [3.63, 3.8) is 0 Å². The minimum atomic E-state index is -0.951. The van der Waals surface area contributed by atoms with Crippen molar-refractivity contribution in [2.24, 2.45) is 0 Å². The Morgan fingerprint density at radius 1 is 1.11 bits per heavy atom. The molecule has 0 fully saturated rings. The fraction of sp³-hybridized carbons (Fsp3) is 0.429. The number of hydrogen-bond acceptors (Lipinski definition) is 2. The Morgan fingerprint density at radius 3 is 2.39 bits per heavy atom. The van der Waals surface area contributed by atoms with Crippen LogP contribution in [0, 0.1) is 20.8 Å². The van der Waals surface area contributed by atoms with E-state index < -0.39 is 5.97 Å². The molecule has 4 heteroatoms. The Bertz CT molecular complexity index is 466. The van der Waals surface area contributed by atoms with Crippen molar-refractivity contribution in [1.82, 2.24) is 5.32 Å². The average Bonchev–Trinajstić information content (AvgIpc) is 2.32. The molecular formula is C14H19NO3. The van der Waals surface area contributed by atoms with Gasteiger partial charge in [-0.25, -0.2) is 0 Å². The van der Waals surface area contributed by atoms with Gasteiger partial charge in [-0.05, 0) is 43.0 Å². The number of rotatable bonds is 5. The molecule has 1 amide bonds. The molecule has 0 atom stereocenters. The van der Waals surface area contributed by atoms with Crippen LogP contribution >= 0.6 is 0 Å². The number of aryl methyl sites for hydroxylation is 1. The minimum absolute atomic E-state index is 0.0270. The molecule has 0 aliphatic heterocycles. The van der Waals surface area contributed by atoms with Crippen molar-refractivity contribution in [1.29, 1.82) is 0 Å². The predicted octanol–water partition coefficient (Wildman–Crippen LogP) is 2.09. The third kappa shape index (κ3) is 3.87. The summed E-state index contributed by atoms with van der Waals surface area (Å²) in [6.45, 7) is 6.59. The molecule has 0 saturated carbocycles. The predicted molar refractivity (Wildman–Crippen MR) is 69.4 cm³/mol. The highest BCUT2D eigenvalue weighted by Gasteiger charge is 2.07. The van der Waals surface area contributed by atoms with Crippen LogP contribution in [0.1, 0.15) is 35.1 Å². The fourth-order valence-electron chi connectivity index (χ4n) is 1.71. The molecular weight excluding hydrogens is 230 g/mol. The summed E-state index contributed by atoms with van der Waals surface area (Å²) in [5.41, 5.74) is 4.70. The SMILES string of the molecule is Cc1ccc(CNC(=O)CCC(=O)O)c(C)c1C. The molecule has 0 aromatic heterocycles. The summed E-state index contributed by atoms with van der Waals surface area (Å²) in [6.07, 6.45) is -0.100. The monoisotopic (exact) mass is 249 g/mol. The van der Waals surface area contributed by atoms with Gasteiger partial charge >= 0.3 is 5.97 Å². The van der Waals surface area contributed by atoms with Crippen LogP contribution < -0.4 is 5.32 Å². The highest BCUT2D eigenvalue weighted by Crippen LogP contribution is 2.16. The van der Waals surface area contributed by atoms with Crippen molar-refractivity contribution < 1.29 is 14.7 Å². The van der Waals surface area contributed by atoms with Crippen LogP contribution in [-0.4, -0.2) is 17.0 Å². The molecule has 1 aromatic rings. The number of amides is 1. The maximum atomic E-state index is 11.4. The first kappa shape index (κ1) is 14.2. The first-order valence-corrected chi connectivity index (χ1v) is 5.96. The van der Waals surface area contributed by atoms with Crippen LogP contribution in [0.25, 0.3) is 0 Å². The maximum Gasteiger partial charge on any atom is 0.303 e. The van der Waals surface area contributed by atoms with Gasteiger partial charge in [-0.1, -0.05) is 12.1 Å². The molecule has 98 valence electrons. The third-order valence-electron chi connectivity index (χ3n) is 3.21. The van der Waals surface area contributed by atoms with Crippen LogP contribution in [0.15, 0.2) is 12.1 Å². The second-order valence-corrected chi connectivity index (χ2v) is 4.46. The van der Waals surface area contributed by atoms with Gasteiger partial charge in [-0.2, -0.15) is 0 Å². The molecule has 0 saturated heterocycles. The molecule has 0 radical (unpaired) electrons. The largest absolute Gasteiger partial charge is 0.481 e. The number of carboxylic acids is 1. The lowest BCUT2D eigenvalue weighted by Crippen LogP contribution is -2.23. The molecule has 0 aliphatic rings. The lowest BCUT2D eigenvalue weighted by atomic mass is 9.99. The Morgan fingerprint density at radius 2 is 1.78 bits per heavy atom. The Labute approximate surface area is 107 Å². The fourth-order valence-corrected chi connectivity index (χ4v) is 1.71. The van der Waals surface area contributed by atoms with Crippen LogP contribution in [0.4, 0.5) is 0 Å². The lowest BCUT2D eigenvalue weighted by Gasteiger charge is -2.12. The van der Waals surface area contributed by atoms with Gasteiger partial charge in [0.2, 0.25) is 5.91 Å². The van der Waals surface area contributed by atoms with E-state index in [2.05, 4.69) is 19.2 Å². The minimum Gasteiger partial charge on any atom is -0.481 e. The second kappa shape index (κ2) is 6.19. The zero-order valence-electron chi connectivity index (χ0n) is 11.0. The summed E-state index contributed by atoms with van der Waals surface area (Å²) in [7, 11) is 0. The van der Waals surface area contributed by atoms with E-state index in [-0.39, 0.29) is 18.7 Å².